The molecule has 1 amide bonds. The van der Waals surface area contributed by atoms with Gasteiger partial charge < -0.3 is 4.90 Å². The first-order chi connectivity index (χ1) is 9.08. The Hall–Kier alpha value is -1.08. The molecule has 0 saturated heterocycles. The molecular weight excluding hydrogens is 377 g/mol. The lowest BCUT2D eigenvalue weighted by Gasteiger charge is -2.32. The lowest BCUT2D eigenvalue weighted by Crippen LogP contribution is -2.42. The fourth-order valence-corrected chi connectivity index (χ4v) is 3.00. The third-order valence-corrected chi connectivity index (χ3v) is 4.24. The molecule has 2 heterocycles. The molecule has 1 aromatic carbocycles. The van der Waals surface area contributed by atoms with Crippen LogP contribution in [0.4, 0.5) is 5.69 Å². The van der Waals surface area contributed by atoms with E-state index in [2.05, 4.69) is 34.6 Å². The molecule has 0 spiro atoms. The first kappa shape index (κ1) is 12.9. The van der Waals surface area contributed by atoms with Crippen LogP contribution in [0.1, 0.15) is 23.5 Å². The normalized spacial score (nSPS) is 18.6. The molecule has 19 heavy (non-hydrogen) atoms. The van der Waals surface area contributed by atoms with Gasteiger partial charge in [-0.25, -0.2) is 0 Å². The van der Waals surface area contributed by atoms with Crippen LogP contribution in [-0.4, -0.2) is 22.2 Å². The molecule has 0 radical (unpaired) electrons. The van der Waals surface area contributed by atoms with Gasteiger partial charge in [-0.3, -0.25) is 9.48 Å². The Morgan fingerprint density at radius 1 is 1.37 bits per heavy atom. The molecule has 0 N–H and O–H groups in total. The van der Waals surface area contributed by atoms with E-state index in [9.17, 15) is 4.79 Å². The zero-order valence-electron chi connectivity index (χ0n) is 10.2. The molecule has 3 rings (SSSR count). The Morgan fingerprint density at radius 3 is 2.74 bits per heavy atom. The SMILES string of the molecule is C[C@H]1CN(c2ccc(Cl)cc2)C(=O)c2c(I)cnn21. The van der Waals surface area contributed by atoms with E-state index in [1.807, 2.05) is 12.1 Å². The number of amides is 1. The number of aromatic nitrogens is 2. The monoisotopic (exact) mass is 387 g/mol. The summed E-state index contributed by atoms with van der Waals surface area (Å²) in [5.74, 6) is -0.0117. The van der Waals surface area contributed by atoms with E-state index in [-0.39, 0.29) is 11.9 Å². The summed E-state index contributed by atoms with van der Waals surface area (Å²) < 4.78 is 2.68. The van der Waals surface area contributed by atoms with Crippen molar-refractivity contribution in [2.24, 2.45) is 0 Å². The minimum absolute atomic E-state index is 0.0117. The van der Waals surface area contributed by atoms with E-state index in [1.165, 1.54) is 0 Å². The van der Waals surface area contributed by atoms with Crippen LogP contribution in [0.15, 0.2) is 30.5 Å². The molecule has 4 nitrogen and oxygen atoms in total. The van der Waals surface area contributed by atoms with Gasteiger partial charge >= 0.3 is 0 Å². The van der Waals surface area contributed by atoms with E-state index in [0.29, 0.717) is 17.3 Å². The summed E-state index contributed by atoms with van der Waals surface area (Å²) >= 11 is 8.03. The summed E-state index contributed by atoms with van der Waals surface area (Å²) in [6.07, 6.45) is 1.73. The molecule has 98 valence electrons. The second-order valence-corrected chi connectivity index (χ2v) is 6.13. The summed E-state index contributed by atoms with van der Waals surface area (Å²) in [5, 5.41) is 4.94. The van der Waals surface area contributed by atoms with Crippen molar-refractivity contribution in [1.82, 2.24) is 9.78 Å². The number of carbonyl (C=O) groups excluding carboxylic acids is 1. The molecule has 0 unspecified atom stereocenters. The molecule has 0 aliphatic carbocycles. The minimum Gasteiger partial charge on any atom is -0.305 e. The summed E-state index contributed by atoms with van der Waals surface area (Å²) in [5.41, 5.74) is 1.53. The average molecular weight is 388 g/mol. The van der Waals surface area contributed by atoms with Crippen molar-refractivity contribution in [3.63, 3.8) is 0 Å². The molecule has 1 aromatic heterocycles. The van der Waals surface area contributed by atoms with Crippen molar-refractivity contribution < 1.29 is 4.79 Å². The molecule has 1 aliphatic rings. The average Bonchev–Trinajstić information content (AvgIpc) is 2.78. The predicted octanol–water partition coefficient (Wildman–Crippen LogP) is 3.36. The maximum atomic E-state index is 12.6. The van der Waals surface area contributed by atoms with Gasteiger partial charge in [-0.1, -0.05) is 11.6 Å². The first-order valence-corrected chi connectivity index (χ1v) is 7.34. The van der Waals surface area contributed by atoms with E-state index in [1.54, 1.807) is 27.9 Å². The van der Waals surface area contributed by atoms with E-state index in [4.69, 9.17) is 11.6 Å². The van der Waals surface area contributed by atoms with E-state index >= 15 is 0 Å². The Bertz CT molecular complexity index is 638. The quantitative estimate of drug-likeness (QED) is 0.704. The van der Waals surface area contributed by atoms with Crippen molar-refractivity contribution in [3.05, 3.63) is 44.7 Å². The fraction of sp³-hybridized carbons (Fsp3) is 0.231. The number of fused-ring (bicyclic) bond motifs is 1. The van der Waals surface area contributed by atoms with E-state index < -0.39 is 0 Å². The number of nitrogens with zero attached hydrogens (tertiary/aromatic N) is 3. The minimum atomic E-state index is -0.0117. The first-order valence-electron chi connectivity index (χ1n) is 5.88. The molecule has 6 heteroatoms. The van der Waals surface area contributed by atoms with Crippen LogP contribution in [0.2, 0.25) is 5.02 Å². The molecule has 0 saturated carbocycles. The smallest absolute Gasteiger partial charge is 0.277 e. The van der Waals surface area contributed by atoms with Crippen LogP contribution < -0.4 is 4.90 Å². The van der Waals surface area contributed by atoms with Crippen LogP contribution in [0, 0.1) is 3.57 Å². The van der Waals surface area contributed by atoms with Gasteiger partial charge in [0.15, 0.2) is 0 Å². The highest BCUT2D eigenvalue weighted by Crippen LogP contribution is 2.28. The van der Waals surface area contributed by atoms with Crippen molar-refractivity contribution in [2.45, 2.75) is 13.0 Å². The molecule has 0 fully saturated rings. The number of benzene rings is 1. The van der Waals surface area contributed by atoms with Gasteiger partial charge in [0.05, 0.1) is 15.8 Å². The highest BCUT2D eigenvalue weighted by molar-refractivity contribution is 14.1. The summed E-state index contributed by atoms with van der Waals surface area (Å²) in [7, 11) is 0. The van der Waals surface area contributed by atoms with Gasteiger partial charge in [0, 0.05) is 17.3 Å². The zero-order valence-corrected chi connectivity index (χ0v) is 13.1. The summed E-state index contributed by atoms with van der Waals surface area (Å²) in [4.78, 5) is 14.3. The third kappa shape index (κ3) is 2.14. The number of hydrogen-bond donors (Lipinski definition) is 0. The summed E-state index contributed by atoms with van der Waals surface area (Å²) in [6.45, 7) is 2.67. The second-order valence-electron chi connectivity index (χ2n) is 4.53. The van der Waals surface area contributed by atoms with Crippen molar-refractivity contribution in [2.75, 3.05) is 11.4 Å². The third-order valence-electron chi connectivity index (χ3n) is 3.20. The Kier molecular flexibility index (Phi) is 3.26. The Labute approximate surface area is 129 Å². The fourth-order valence-electron chi connectivity index (χ4n) is 2.27. The van der Waals surface area contributed by atoms with Gasteiger partial charge in [0.2, 0.25) is 0 Å². The lowest BCUT2D eigenvalue weighted by atomic mass is 10.1. The van der Waals surface area contributed by atoms with Crippen molar-refractivity contribution in [1.29, 1.82) is 0 Å². The topological polar surface area (TPSA) is 38.1 Å². The standard InChI is InChI=1S/C13H11ClIN3O/c1-8-7-17(10-4-2-9(14)3-5-10)13(19)12-11(15)6-16-18(8)12/h2-6,8H,7H2,1H3/t8-/m0/s1. The highest BCUT2D eigenvalue weighted by atomic mass is 127. The van der Waals surface area contributed by atoms with Crippen LogP contribution in [-0.2, 0) is 0 Å². The number of halogens is 2. The highest BCUT2D eigenvalue weighted by Gasteiger charge is 2.32. The van der Waals surface area contributed by atoms with Gasteiger partial charge in [-0.05, 0) is 53.8 Å². The maximum absolute atomic E-state index is 12.6. The number of rotatable bonds is 1. The van der Waals surface area contributed by atoms with Crippen LogP contribution in [0.3, 0.4) is 0 Å². The largest absolute Gasteiger partial charge is 0.305 e. The number of carbonyl (C=O) groups is 1. The second kappa shape index (κ2) is 4.79. The lowest BCUT2D eigenvalue weighted by molar-refractivity contribution is 0.0952. The van der Waals surface area contributed by atoms with Gasteiger partial charge in [0.25, 0.3) is 5.91 Å². The van der Waals surface area contributed by atoms with Crippen LogP contribution in [0.25, 0.3) is 0 Å². The Morgan fingerprint density at radius 2 is 2.05 bits per heavy atom. The zero-order chi connectivity index (χ0) is 13.6. The van der Waals surface area contributed by atoms with Crippen molar-refractivity contribution in [3.8, 4) is 0 Å². The molecular formula is C13H11ClIN3O. The number of anilines is 1. The van der Waals surface area contributed by atoms with Crippen LogP contribution in [0.5, 0.6) is 0 Å². The molecule has 2 aromatic rings. The van der Waals surface area contributed by atoms with Gasteiger partial charge in [-0.2, -0.15) is 5.10 Å². The number of hydrogen-bond acceptors (Lipinski definition) is 2. The predicted molar refractivity (Wildman–Crippen MR) is 82.8 cm³/mol. The van der Waals surface area contributed by atoms with Gasteiger partial charge in [0.1, 0.15) is 5.69 Å². The molecule has 0 bridgehead atoms. The van der Waals surface area contributed by atoms with Crippen LogP contribution >= 0.6 is 34.2 Å². The molecule has 1 atom stereocenters. The Balaban J connectivity index is 2.04. The van der Waals surface area contributed by atoms with Crippen molar-refractivity contribution >= 4 is 45.8 Å². The van der Waals surface area contributed by atoms with E-state index in [0.717, 1.165) is 9.26 Å². The maximum Gasteiger partial charge on any atom is 0.277 e. The van der Waals surface area contributed by atoms with Gasteiger partial charge in [-0.15, -0.1) is 0 Å². The summed E-state index contributed by atoms with van der Waals surface area (Å²) in [6, 6.07) is 7.49. The molecule has 1 aliphatic heterocycles.